The van der Waals surface area contributed by atoms with Crippen LogP contribution in [0.2, 0.25) is 0 Å². The number of aliphatic imine (C=N–C) groups is 4. The largest absolute Gasteiger partial charge is 0.478 e. The number of piperidine rings is 2. The summed E-state index contributed by atoms with van der Waals surface area (Å²) in [6.45, 7) is 8.30. The number of likely N-dealkylation sites (tertiary alicyclic amines) is 2. The number of carboxylic acid groups (broad SMARTS) is 3. The number of nitrogens with one attached hydrogen (secondary N) is 1. The van der Waals surface area contributed by atoms with E-state index in [9.17, 15) is 24.3 Å². The van der Waals surface area contributed by atoms with Gasteiger partial charge in [-0.2, -0.15) is 0 Å². The molecule has 0 unspecified atom stereocenters. The zero-order valence-corrected chi connectivity index (χ0v) is 43.0. The second-order valence-corrected chi connectivity index (χ2v) is 20.2. The standard InChI is InChI=1S/C31H30N4O3.C24H16N2O4.C7H16N2/c36-30(32-12-15-35-13-2-1-3-14-35)22-8-10-26-24(16-22)18-28(33-26)20-4-6-21(7-5-20)29-19-25-17-23(31(37)38)9-11-27(25)34-29;27-23(28)15-5-7-19-17(9-15)11-21(25-19)13-1-2-14(4-3-13)22-12-18-10-16(24(29)30)6-8-20(18)26-22;8-4-7-9-5-2-1-3-6-9/h4-11,16-17H,1-3,12-15,18-19H2,(H,32,36)(H,37,38);1-10H,11-12H2,(H,27,28)(H,29,30);1-8H2. The maximum absolute atomic E-state index is 12.7. The molecule has 15 heteroatoms. The first-order chi connectivity index (χ1) is 37.4. The van der Waals surface area contributed by atoms with Crippen LogP contribution in [-0.4, -0.2) is 124 Å². The Kier molecular flexibility index (Phi) is 16.1. The van der Waals surface area contributed by atoms with E-state index in [0.29, 0.717) is 37.8 Å². The molecule has 0 spiro atoms. The summed E-state index contributed by atoms with van der Waals surface area (Å²) in [7, 11) is 0. The summed E-state index contributed by atoms with van der Waals surface area (Å²) >= 11 is 0. The molecule has 1 amide bonds. The van der Waals surface area contributed by atoms with Crippen molar-refractivity contribution < 1.29 is 34.5 Å². The molecule has 0 saturated carbocycles. The van der Waals surface area contributed by atoms with E-state index in [-0.39, 0.29) is 22.6 Å². The van der Waals surface area contributed by atoms with Gasteiger partial charge in [0.25, 0.3) is 5.91 Å². The maximum Gasteiger partial charge on any atom is 0.335 e. The van der Waals surface area contributed by atoms with Crippen molar-refractivity contribution in [2.24, 2.45) is 25.7 Å². The molecular weight excluding hydrogens is 969 g/mol. The van der Waals surface area contributed by atoms with Crippen molar-refractivity contribution in [1.29, 1.82) is 0 Å². The van der Waals surface area contributed by atoms with Gasteiger partial charge in [0.05, 0.1) is 62.3 Å². The average Bonchev–Trinajstić information content (AvgIpc) is 4.34. The summed E-state index contributed by atoms with van der Waals surface area (Å²) in [6.07, 6.45) is 10.5. The number of nitrogens with zero attached hydrogens (tertiary/aromatic N) is 6. The lowest BCUT2D eigenvalue weighted by Gasteiger charge is -2.26. The minimum atomic E-state index is -0.940. The molecule has 6 aliphatic heterocycles. The third-order valence-electron chi connectivity index (χ3n) is 14.9. The zero-order chi connectivity index (χ0) is 53.4. The van der Waals surface area contributed by atoms with Crippen molar-refractivity contribution in [3.63, 3.8) is 0 Å². The van der Waals surface area contributed by atoms with Crippen LogP contribution in [0.3, 0.4) is 0 Å². The van der Waals surface area contributed by atoms with Gasteiger partial charge in [-0.05, 0) is 169 Å². The van der Waals surface area contributed by atoms with Crippen LogP contribution >= 0.6 is 0 Å². The number of carbonyl (C=O) groups excluding carboxylic acids is 1. The number of amides is 1. The summed E-state index contributed by atoms with van der Waals surface area (Å²) in [4.78, 5) is 70.0. The first kappa shape index (κ1) is 52.2. The fourth-order valence-corrected chi connectivity index (χ4v) is 10.7. The Labute approximate surface area is 447 Å². The average molecular weight is 1030 g/mol. The molecule has 0 radical (unpaired) electrons. The van der Waals surface area contributed by atoms with E-state index >= 15 is 0 Å². The van der Waals surface area contributed by atoms with Crippen LogP contribution in [-0.2, 0) is 25.7 Å². The normalized spacial score (nSPS) is 16.2. The summed E-state index contributed by atoms with van der Waals surface area (Å²) in [5.41, 5.74) is 21.9. The molecule has 2 saturated heterocycles. The smallest absolute Gasteiger partial charge is 0.335 e. The SMILES string of the molecule is NCCN1CCCCC1.O=C(O)c1ccc2c(c1)CC(c1ccc(C3=Nc4ccc(C(=O)NCCN5CCCCC5)cc4C3)cc1)=N2.O=C(O)c1ccc2c(c1)CC(c1ccc(C3=Nc4ccc(C(=O)O)cc4C3)cc1)=N2. The Hall–Kier alpha value is -8.24. The third-order valence-corrected chi connectivity index (χ3v) is 14.9. The van der Waals surface area contributed by atoms with Gasteiger partial charge >= 0.3 is 17.9 Å². The highest BCUT2D eigenvalue weighted by Crippen LogP contribution is 2.34. The molecule has 6 N–H and O–H groups in total. The number of aromatic carboxylic acids is 3. The van der Waals surface area contributed by atoms with Gasteiger partial charge in [-0.15, -0.1) is 0 Å². The fourth-order valence-electron chi connectivity index (χ4n) is 10.7. The number of carbonyl (C=O) groups is 4. The molecule has 0 aliphatic carbocycles. The lowest BCUT2D eigenvalue weighted by molar-refractivity contribution is 0.0686. The molecule has 0 aromatic heterocycles. The Morgan fingerprint density at radius 2 is 0.714 bits per heavy atom. The molecule has 15 nitrogen and oxygen atoms in total. The van der Waals surface area contributed by atoms with E-state index < -0.39 is 17.9 Å². The summed E-state index contributed by atoms with van der Waals surface area (Å²) in [5.74, 6) is -2.84. The second kappa shape index (κ2) is 23.8. The number of benzene rings is 6. The molecule has 392 valence electrons. The number of nitrogens with two attached hydrogens (primary N) is 1. The summed E-state index contributed by atoms with van der Waals surface area (Å²) in [6, 6.07) is 37.0. The van der Waals surface area contributed by atoms with E-state index in [2.05, 4.69) is 37.2 Å². The Morgan fingerprint density at radius 3 is 1.03 bits per heavy atom. The van der Waals surface area contributed by atoms with Gasteiger partial charge in [0.15, 0.2) is 0 Å². The summed E-state index contributed by atoms with van der Waals surface area (Å²) in [5, 5.41) is 30.6. The highest BCUT2D eigenvalue weighted by Gasteiger charge is 2.24. The minimum absolute atomic E-state index is 0.0311. The molecule has 6 aromatic rings. The highest BCUT2D eigenvalue weighted by molar-refractivity contribution is 6.11. The van der Waals surface area contributed by atoms with Crippen molar-refractivity contribution in [3.8, 4) is 0 Å². The van der Waals surface area contributed by atoms with Crippen LogP contribution in [0.4, 0.5) is 22.7 Å². The van der Waals surface area contributed by atoms with Crippen molar-refractivity contribution in [2.75, 3.05) is 52.4 Å². The lowest BCUT2D eigenvalue weighted by Crippen LogP contribution is -2.37. The zero-order valence-electron chi connectivity index (χ0n) is 43.0. The van der Waals surface area contributed by atoms with Crippen LogP contribution in [0, 0.1) is 0 Å². The molecular formula is C62H62N8O7. The summed E-state index contributed by atoms with van der Waals surface area (Å²) < 4.78 is 0. The first-order valence-corrected chi connectivity index (χ1v) is 26.6. The molecule has 6 aromatic carbocycles. The number of rotatable bonds is 13. The van der Waals surface area contributed by atoms with Crippen molar-refractivity contribution in [2.45, 2.75) is 64.2 Å². The third kappa shape index (κ3) is 12.6. The van der Waals surface area contributed by atoms with E-state index in [4.69, 9.17) is 25.9 Å². The number of fused-ring (bicyclic) bond motifs is 4. The van der Waals surface area contributed by atoms with Crippen LogP contribution < -0.4 is 11.1 Å². The predicted octanol–water partition coefficient (Wildman–Crippen LogP) is 9.82. The van der Waals surface area contributed by atoms with Crippen LogP contribution in [0.1, 0.15) is 124 Å². The molecule has 6 heterocycles. The van der Waals surface area contributed by atoms with Crippen molar-refractivity contribution >= 4 is 69.4 Å². The molecule has 0 atom stereocenters. The van der Waals surface area contributed by atoms with Crippen LogP contribution in [0.5, 0.6) is 0 Å². The Balaban J connectivity index is 0.000000153. The molecule has 77 heavy (non-hydrogen) atoms. The van der Waals surface area contributed by atoms with E-state index in [1.54, 1.807) is 54.6 Å². The topological polar surface area (TPSA) is 223 Å². The van der Waals surface area contributed by atoms with Gasteiger partial charge in [-0.25, -0.2) is 14.4 Å². The van der Waals surface area contributed by atoms with E-state index in [0.717, 1.165) is 123 Å². The Bertz CT molecular complexity index is 3260. The highest BCUT2D eigenvalue weighted by atomic mass is 16.4. The number of hydrogen-bond donors (Lipinski definition) is 5. The van der Waals surface area contributed by atoms with Crippen LogP contribution in [0.25, 0.3) is 0 Å². The van der Waals surface area contributed by atoms with E-state index in [1.165, 1.54) is 51.6 Å². The molecule has 0 bridgehead atoms. The predicted molar refractivity (Wildman–Crippen MR) is 301 cm³/mol. The molecule has 12 rings (SSSR count). The first-order valence-electron chi connectivity index (χ1n) is 26.6. The van der Waals surface area contributed by atoms with Gasteiger partial charge in [0, 0.05) is 57.4 Å². The van der Waals surface area contributed by atoms with Gasteiger partial charge in [-0.3, -0.25) is 24.8 Å². The van der Waals surface area contributed by atoms with Crippen LogP contribution in [0.15, 0.2) is 141 Å². The molecule has 2 fully saturated rings. The quantitative estimate of drug-likeness (QED) is 0.0736. The molecule has 6 aliphatic rings. The number of hydrogen-bond acceptors (Lipinski definition) is 11. The van der Waals surface area contributed by atoms with Gasteiger partial charge < -0.3 is 36.2 Å². The minimum Gasteiger partial charge on any atom is -0.478 e. The van der Waals surface area contributed by atoms with Gasteiger partial charge in [0.2, 0.25) is 0 Å². The maximum atomic E-state index is 12.7. The fraction of sp³-hybridized carbons (Fsp3) is 0.290. The van der Waals surface area contributed by atoms with Gasteiger partial charge in [-0.1, -0.05) is 61.4 Å². The second-order valence-electron chi connectivity index (χ2n) is 20.2. The van der Waals surface area contributed by atoms with Crippen molar-refractivity contribution in [3.05, 3.63) is 188 Å². The lowest BCUT2D eigenvalue weighted by atomic mass is 9.99. The van der Waals surface area contributed by atoms with E-state index in [1.807, 2.05) is 54.6 Å². The number of carboxylic acids is 3. The van der Waals surface area contributed by atoms with Crippen molar-refractivity contribution in [1.82, 2.24) is 15.1 Å². The Morgan fingerprint density at radius 1 is 0.416 bits per heavy atom. The van der Waals surface area contributed by atoms with Gasteiger partial charge in [0.1, 0.15) is 0 Å². The monoisotopic (exact) mass is 1030 g/mol.